The Morgan fingerprint density at radius 1 is 0.762 bits per heavy atom. The van der Waals surface area contributed by atoms with Crippen LogP contribution in [0.1, 0.15) is 31.2 Å². The highest BCUT2D eigenvalue weighted by Gasteiger charge is 2.53. The fraction of sp³-hybridized carbons (Fsp3) is 0.529. The van der Waals surface area contributed by atoms with Crippen LogP contribution in [0.4, 0.5) is 0 Å². The Morgan fingerprint density at radius 3 is 2.48 bits per heavy atom. The van der Waals surface area contributed by atoms with Crippen LogP contribution in [0, 0.1) is 0 Å². The van der Waals surface area contributed by atoms with Crippen molar-refractivity contribution in [1.29, 1.82) is 0 Å². The molecule has 0 aromatic heterocycles. The number of aliphatic hydroxyl groups is 2. The van der Waals surface area contributed by atoms with E-state index in [1.54, 1.807) is 6.08 Å². The molecule has 0 unspecified atom stereocenters. The van der Waals surface area contributed by atoms with Crippen LogP contribution in [-0.2, 0) is 35.0 Å². The molecule has 2 aromatic carbocycles. The summed E-state index contributed by atoms with van der Waals surface area (Å²) in [6.45, 7) is 0.893. The fourth-order valence-corrected chi connectivity index (χ4v) is 7.02. The van der Waals surface area contributed by atoms with Gasteiger partial charge in [-0.15, -0.1) is 0 Å². The molecule has 8 nitrogen and oxygen atoms in total. The number of hydrogen-bond acceptors (Lipinski definition) is 8. The van der Waals surface area contributed by atoms with Crippen molar-refractivity contribution in [2.75, 3.05) is 13.2 Å². The molecule has 11 atom stereocenters. The Bertz CT molecular complexity index is 1300. The quantitative estimate of drug-likeness (QED) is 0.520. The van der Waals surface area contributed by atoms with Gasteiger partial charge in [-0.05, 0) is 35.6 Å². The highest BCUT2D eigenvalue weighted by molar-refractivity contribution is 5.85. The lowest BCUT2D eigenvalue weighted by atomic mass is 9.87. The minimum atomic E-state index is -0.773. The van der Waals surface area contributed by atoms with E-state index in [2.05, 4.69) is 48.5 Å². The van der Waals surface area contributed by atoms with E-state index in [-0.39, 0.29) is 61.5 Å². The predicted octanol–water partition coefficient (Wildman–Crippen LogP) is 3.78. The van der Waals surface area contributed by atoms with Crippen LogP contribution in [0.5, 0.6) is 0 Å². The zero-order chi connectivity index (χ0) is 28.5. The summed E-state index contributed by atoms with van der Waals surface area (Å²) in [5.74, 6) is 0. The van der Waals surface area contributed by atoms with E-state index >= 15 is 0 Å². The smallest absolute Gasteiger partial charge is 0.115 e. The summed E-state index contributed by atoms with van der Waals surface area (Å²) < 4.78 is 39.5. The average Bonchev–Trinajstić information content (AvgIpc) is 3.33. The van der Waals surface area contributed by atoms with Crippen LogP contribution >= 0.6 is 0 Å². The molecule has 7 rings (SSSR count). The molecule has 5 aliphatic rings. The molecule has 0 bridgehead atoms. The lowest BCUT2D eigenvalue weighted by Gasteiger charge is -2.50. The van der Waals surface area contributed by atoms with Gasteiger partial charge in [-0.2, -0.15) is 0 Å². The molecule has 2 saturated heterocycles. The number of benzene rings is 2. The standard InChI is InChI=1S/C34H40O8/c35-17-16-25-24(36)11-6-13-26-27(39-25)14-15-28-30(40-26)19-31-33(42-28)34(32-29(41-31)12-3-4-18-37-32)38-20-22-9-5-8-21-7-1-2-10-23(21)22/h1-11,14-15,24-36H,12-13,16-20H2/b11-6-/t24-,25+,26+,27-,28+,29-,30-,31+,32-,33+,34+/m0/s1. The molecule has 42 heavy (non-hydrogen) atoms. The first kappa shape index (κ1) is 28.4. The van der Waals surface area contributed by atoms with Gasteiger partial charge in [0.05, 0.1) is 49.8 Å². The number of aliphatic hydroxyl groups excluding tert-OH is 2. The highest BCUT2D eigenvalue weighted by atomic mass is 16.6. The van der Waals surface area contributed by atoms with Crippen molar-refractivity contribution >= 4 is 10.8 Å². The second-order valence-corrected chi connectivity index (χ2v) is 11.8. The first-order chi connectivity index (χ1) is 20.7. The highest BCUT2D eigenvalue weighted by Crippen LogP contribution is 2.40. The van der Waals surface area contributed by atoms with Gasteiger partial charge in [0.15, 0.2) is 0 Å². The summed E-state index contributed by atoms with van der Waals surface area (Å²) in [7, 11) is 0. The molecule has 2 N–H and O–H groups in total. The lowest BCUT2D eigenvalue weighted by Crippen LogP contribution is -2.64. The zero-order valence-electron chi connectivity index (χ0n) is 23.7. The van der Waals surface area contributed by atoms with E-state index in [4.69, 9.17) is 28.4 Å². The molecular weight excluding hydrogens is 536 g/mol. The topological polar surface area (TPSA) is 95.8 Å². The van der Waals surface area contributed by atoms with Crippen LogP contribution in [-0.4, -0.2) is 90.6 Å². The van der Waals surface area contributed by atoms with Gasteiger partial charge in [0.1, 0.15) is 30.5 Å². The Labute approximate surface area is 246 Å². The average molecular weight is 577 g/mol. The van der Waals surface area contributed by atoms with E-state index in [1.807, 2.05) is 24.3 Å². The fourth-order valence-electron chi connectivity index (χ4n) is 7.02. The Kier molecular flexibility index (Phi) is 8.57. The van der Waals surface area contributed by atoms with Gasteiger partial charge in [-0.3, -0.25) is 0 Å². The van der Waals surface area contributed by atoms with Crippen molar-refractivity contribution < 1.29 is 38.6 Å². The molecule has 0 amide bonds. The van der Waals surface area contributed by atoms with Crippen molar-refractivity contribution in [3.05, 3.63) is 84.5 Å². The molecular formula is C34H40O8. The molecule has 224 valence electrons. The van der Waals surface area contributed by atoms with Crippen molar-refractivity contribution in [2.24, 2.45) is 0 Å². The Morgan fingerprint density at radius 2 is 1.57 bits per heavy atom. The van der Waals surface area contributed by atoms with Crippen molar-refractivity contribution in [2.45, 2.75) is 99.4 Å². The van der Waals surface area contributed by atoms with Crippen molar-refractivity contribution in [3.63, 3.8) is 0 Å². The summed E-state index contributed by atoms with van der Waals surface area (Å²) in [6, 6.07) is 14.7. The zero-order valence-corrected chi connectivity index (χ0v) is 23.7. The van der Waals surface area contributed by atoms with Crippen molar-refractivity contribution in [3.8, 4) is 0 Å². The van der Waals surface area contributed by atoms with E-state index in [9.17, 15) is 10.2 Å². The molecule has 5 aliphatic heterocycles. The van der Waals surface area contributed by atoms with Gasteiger partial charge in [0.25, 0.3) is 0 Å². The summed E-state index contributed by atoms with van der Waals surface area (Å²) in [5.41, 5.74) is 1.13. The van der Waals surface area contributed by atoms with Gasteiger partial charge in [0, 0.05) is 13.0 Å². The molecule has 0 saturated carbocycles. The number of fused-ring (bicyclic) bond motifs is 5. The van der Waals surface area contributed by atoms with Crippen LogP contribution < -0.4 is 0 Å². The maximum absolute atomic E-state index is 10.5. The van der Waals surface area contributed by atoms with Crippen LogP contribution in [0.2, 0.25) is 0 Å². The monoisotopic (exact) mass is 576 g/mol. The molecule has 5 heterocycles. The van der Waals surface area contributed by atoms with E-state index in [0.717, 1.165) is 12.0 Å². The third-order valence-electron chi connectivity index (χ3n) is 9.14. The SMILES string of the molecule is OCC[C@H]1O[C@H]2C=C[C@H]3O[C@H]4[C@H](OCc5cccc6ccccc56)[C@H]5OCC=CC[C@@H]5O[C@@H]4C[C@@H]3O[C@@H]2C/C=C\[C@@H]1O. The second kappa shape index (κ2) is 12.7. The maximum atomic E-state index is 10.5. The molecule has 0 spiro atoms. The van der Waals surface area contributed by atoms with Gasteiger partial charge in [0.2, 0.25) is 0 Å². The van der Waals surface area contributed by atoms with Gasteiger partial charge < -0.3 is 38.6 Å². The van der Waals surface area contributed by atoms with Gasteiger partial charge in [-0.1, -0.05) is 78.9 Å². The van der Waals surface area contributed by atoms with E-state index < -0.39 is 12.2 Å². The summed E-state index contributed by atoms with van der Waals surface area (Å²) >= 11 is 0. The maximum Gasteiger partial charge on any atom is 0.115 e. The summed E-state index contributed by atoms with van der Waals surface area (Å²) in [4.78, 5) is 0. The van der Waals surface area contributed by atoms with E-state index in [0.29, 0.717) is 32.5 Å². The van der Waals surface area contributed by atoms with Crippen LogP contribution in [0.3, 0.4) is 0 Å². The summed E-state index contributed by atoms with van der Waals surface area (Å²) in [6.07, 6.45) is 10.6. The first-order valence-electron chi connectivity index (χ1n) is 15.3. The normalized spacial score (nSPS) is 40.4. The molecule has 0 aliphatic carbocycles. The largest absolute Gasteiger partial charge is 0.396 e. The minimum Gasteiger partial charge on any atom is -0.396 e. The lowest BCUT2D eigenvalue weighted by molar-refractivity contribution is -0.295. The van der Waals surface area contributed by atoms with Gasteiger partial charge >= 0.3 is 0 Å². The third-order valence-corrected chi connectivity index (χ3v) is 9.14. The van der Waals surface area contributed by atoms with Crippen LogP contribution in [0.15, 0.2) is 78.9 Å². The predicted molar refractivity (Wildman–Crippen MR) is 156 cm³/mol. The van der Waals surface area contributed by atoms with Crippen molar-refractivity contribution in [1.82, 2.24) is 0 Å². The molecule has 0 radical (unpaired) electrons. The molecule has 8 heteroatoms. The Balaban J connectivity index is 1.13. The van der Waals surface area contributed by atoms with E-state index in [1.165, 1.54) is 10.8 Å². The minimum absolute atomic E-state index is 0.0632. The third kappa shape index (κ3) is 5.75. The number of ether oxygens (including phenoxy) is 6. The first-order valence-corrected chi connectivity index (χ1v) is 15.3. The molecule has 2 fully saturated rings. The number of rotatable bonds is 5. The Hall–Kier alpha value is -2.40. The molecule has 2 aromatic rings. The van der Waals surface area contributed by atoms with Gasteiger partial charge in [-0.25, -0.2) is 0 Å². The number of hydrogen-bond donors (Lipinski definition) is 2. The second-order valence-electron chi connectivity index (χ2n) is 11.8. The van der Waals surface area contributed by atoms with Crippen LogP contribution in [0.25, 0.3) is 10.8 Å². The summed E-state index contributed by atoms with van der Waals surface area (Å²) in [5, 5.41) is 22.4.